The Labute approximate surface area is 83.5 Å². The van der Waals surface area contributed by atoms with Gasteiger partial charge in [-0.1, -0.05) is 24.3 Å². The number of pyridine rings is 1. The van der Waals surface area contributed by atoms with Crippen molar-refractivity contribution < 1.29 is 4.74 Å². The second-order valence-corrected chi connectivity index (χ2v) is 3.19. The van der Waals surface area contributed by atoms with Gasteiger partial charge in [0.1, 0.15) is 5.75 Å². The number of hydrogen-bond donors (Lipinski definition) is 0. The summed E-state index contributed by atoms with van der Waals surface area (Å²) in [5.74, 6) is 0.869. The predicted molar refractivity (Wildman–Crippen MR) is 57.6 cm³/mol. The van der Waals surface area contributed by atoms with Crippen LogP contribution in [0.1, 0.15) is 12.6 Å². The molecule has 0 bridgehead atoms. The number of aromatic nitrogens is 1. The van der Waals surface area contributed by atoms with Crippen LogP contribution < -0.4 is 4.74 Å². The molecule has 0 saturated heterocycles. The number of benzene rings is 1. The highest BCUT2D eigenvalue weighted by Crippen LogP contribution is 2.25. The molecule has 0 radical (unpaired) electrons. The molecule has 1 heterocycles. The Kier molecular flexibility index (Phi) is 2.35. The van der Waals surface area contributed by atoms with Gasteiger partial charge in [0.25, 0.3) is 0 Å². The monoisotopic (exact) mass is 187 g/mol. The van der Waals surface area contributed by atoms with E-state index in [9.17, 15) is 0 Å². The zero-order chi connectivity index (χ0) is 9.97. The molecular weight excluding hydrogens is 174 g/mol. The fourth-order valence-corrected chi connectivity index (χ4v) is 1.58. The molecule has 0 unspecified atom stereocenters. The van der Waals surface area contributed by atoms with Crippen LogP contribution in [0.4, 0.5) is 0 Å². The Hall–Kier alpha value is -1.57. The van der Waals surface area contributed by atoms with Crippen molar-refractivity contribution >= 4 is 10.8 Å². The van der Waals surface area contributed by atoms with Crippen LogP contribution in [0.3, 0.4) is 0 Å². The zero-order valence-corrected chi connectivity index (χ0v) is 8.45. The second kappa shape index (κ2) is 3.66. The Morgan fingerprint density at radius 1 is 1.21 bits per heavy atom. The van der Waals surface area contributed by atoms with E-state index < -0.39 is 0 Å². The largest absolute Gasteiger partial charge is 0.492 e. The summed E-state index contributed by atoms with van der Waals surface area (Å²) in [6.07, 6.45) is 1.79. The maximum absolute atomic E-state index is 5.51. The number of rotatable bonds is 2. The zero-order valence-electron chi connectivity index (χ0n) is 8.45. The number of hydrogen-bond acceptors (Lipinski definition) is 2. The molecule has 14 heavy (non-hydrogen) atoms. The van der Waals surface area contributed by atoms with E-state index in [1.807, 2.05) is 26.0 Å². The third kappa shape index (κ3) is 1.43. The maximum atomic E-state index is 5.51. The van der Waals surface area contributed by atoms with Crippen molar-refractivity contribution in [2.75, 3.05) is 6.61 Å². The molecule has 0 atom stereocenters. The average Bonchev–Trinajstić information content (AvgIpc) is 2.23. The Morgan fingerprint density at radius 2 is 1.93 bits per heavy atom. The van der Waals surface area contributed by atoms with Crippen LogP contribution in [0, 0.1) is 6.92 Å². The maximum Gasteiger partial charge on any atom is 0.145 e. The van der Waals surface area contributed by atoms with E-state index in [1.54, 1.807) is 6.20 Å². The van der Waals surface area contributed by atoms with E-state index in [-0.39, 0.29) is 0 Å². The van der Waals surface area contributed by atoms with Crippen LogP contribution in [0.25, 0.3) is 10.8 Å². The lowest BCUT2D eigenvalue weighted by Crippen LogP contribution is -1.94. The minimum absolute atomic E-state index is 0.675. The molecule has 0 amide bonds. The van der Waals surface area contributed by atoms with Gasteiger partial charge < -0.3 is 4.74 Å². The summed E-state index contributed by atoms with van der Waals surface area (Å²) < 4.78 is 5.51. The van der Waals surface area contributed by atoms with Crippen LogP contribution in [0.2, 0.25) is 0 Å². The molecule has 1 aromatic carbocycles. The van der Waals surface area contributed by atoms with Crippen molar-refractivity contribution in [1.82, 2.24) is 4.98 Å². The highest BCUT2D eigenvalue weighted by Gasteiger charge is 2.03. The summed E-state index contributed by atoms with van der Waals surface area (Å²) in [5, 5.41) is 2.31. The molecule has 0 aliphatic rings. The van der Waals surface area contributed by atoms with Crippen molar-refractivity contribution in [2.45, 2.75) is 13.8 Å². The minimum Gasteiger partial charge on any atom is -0.492 e. The molecule has 0 N–H and O–H groups in total. The molecule has 1 aromatic heterocycles. The van der Waals surface area contributed by atoms with Gasteiger partial charge >= 0.3 is 0 Å². The van der Waals surface area contributed by atoms with Gasteiger partial charge in [0.15, 0.2) is 0 Å². The fraction of sp³-hybridized carbons (Fsp3) is 0.250. The first-order chi connectivity index (χ1) is 6.83. The molecule has 0 saturated carbocycles. The first kappa shape index (κ1) is 9.00. The lowest BCUT2D eigenvalue weighted by Gasteiger charge is -2.07. The Balaban J connectivity index is 2.68. The van der Waals surface area contributed by atoms with Crippen LogP contribution in [-0.2, 0) is 0 Å². The number of aryl methyl sites for hydroxylation is 1. The van der Waals surface area contributed by atoms with E-state index in [1.165, 1.54) is 5.39 Å². The molecule has 2 nitrogen and oxygen atoms in total. The van der Waals surface area contributed by atoms with Crippen molar-refractivity contribution in [3.8, 4) is 5.75 Å². The van der Waals surface area contributed by atoms with Gasteiger partial charge in [-0.05, 0) is 13.8 Å². The smallest absolute Gasteiger partial charge is 0.145 e. The van der Waals surface area contributed by atoms with Crippen molar-refractivity contribution in [3.05, 3.63) is 36.2 Å². The highest BCUT2D eigenvalue weighted by atomic mass is 16.5. The second-order valence-electron chi connectivity index (χ2n) is 3.19. The van der Waals surface area contributed by atoms with Gasteiger partial charge in [-0.15, -0.1) is 0 Å². The van der Waals surface area contributed by atoms with Crippen molar-refractivity contribution in [3.63, 3.8) is 0 Å². The van der Waals surface area contributed by atoms with E-state index in [0.717, 1.165) is 16.8 Å². The average molecular weight is 187 g/mol. The molecular formula is C12H13NO. The number of fused-ring (bicyclic) bond motifs is 1. The first-order valence-corrected chi connectivity index (χ1v) is 4.80. The quantitative estimate of drug-likeness (QED) is 0.721. The summed E-state index contributed by atoms with van der Waals surface area (Å²) in [4.78, 5) is 4.30. The molecule has 2 heteroatoms. The van der Waals surface area contributed by atoms with Gasteiger partial charge in [-0.3, -0.25) is 4.98 Å². The molecule has 0 aliphatic heterocycles. The third-order valence-electron chi connectivity index (χ3n) is 2.26. The van der Waals surface area contributed by atoms with Gasteiger partial charge in [0.2, 0.25) is 0 Å². The van der Waals surface area contributed by atoms with Gasteiger partial charge in [-0.2, -0.15) is 0 Å². The minimum atomic E-state index is 0.675. The lowest BCUT2D eigenvalue weighted by molar-refractivity contribution is 0.343. The lowest BCUT2D eigenvalue weighted by atomic mass is 10.1. The standard InChI is InChI=1S/C12H13NO/c1-3-14-12-8-13-9(2)10-6-4-5-7-11(10)12/h4-8H,3H2,1-2H3. The summed E-state index contributed by atoms with van der Waals surface area (Å²) in [6.45, 7) is 4.67. The number of nitrogens with zero attached hydrogens (tertiary/aromatic N) is 1. The van der Waals surface area contributed by atoms with Gasteiger partial charge in [-0.25, -0.2) is 0 Å². The van der Waals surface area contributed by atoms with Gasteiger partial charge in [0.05, 0.1) is 12.8 Å². The highest BCUT2D eigenvalue weighted by molar-refractivity contribution is 5.89. The van der Waals surface area contributed by atoms with E-state index in [2.05, 4.69) is 17.1 Å². The molecule has 2 rings (SSSR count). The fourth-order valence-electron chi connectivity index (χ4n) is 1.58. The summed E-state index contributed by atoms with van der Waals surface area (Å²) in [7, 11) is 0. The van der Waals surface area contributed by atoms with Crippen LogP contribution >= 0.6 is 0 Å². The molecule has 72 valence electrons. The van der Waals surface area contributed by atoms with Crippen LogP contribution in [-0.4, -0.2) is 11.6 Å². The number of ether oxygens (including phenoxy) is 1. The van der Waals surface area contributed by atoms with Gasteiger partial charge in [0, 0.05) is 16.5 Å². The van der Waals surface area contributed by atoms with E-state index in [4.69, 9.17) is 4.74 Å². The summed E-state index contributed by atoms with van der Waals surface area (Å²) in [5.41, 5.74) is 1.05. The normalized spacial score (nSPS) is 10.4. The van der Waals surface area contributed by atoms with Crippen molar-refractivity contribution in [2.24, 2.45) is 0 Å². The summed E-state index contributed by atoms with van der Waals surface area (Å²) >= 11 is 0. The third-order valence-corrected chi connectivity index (χ3v) is 2.26. The molecule has 0 aliphatic carbocycles. The van der Waals surface area contributed by atoms with Crippen LogP contribution in [0.15, 0.2) is 30.5 Å². The predicted octanol–water partition coefficient (Wildman–Crippen LogP) is 2.94. The summed E-state index contributed by atoms with van der Waals surface area (Å²) in [6, 6.07) is 8.17. The Bertz CT molecular complexity index is 451. The topological polar surface area (TPSA) is 22.1 Å². The Morgan fingerprint density at radius 3 is 2.64 bits per heavy atom. The molecule has 2 aromatic rings. The molecule has 0 spiro atoms. The van der Waals surface area contributed by atoms with E-state index >= 15 is 0 Å². The van der Waals surface area contributed by atoms with Crippen LogP contribution in [0.5, 0.6) is 5.75 Å². The first-order valence-electron chi connectivity index (χ1n) is 4.80. The molecule has 0 fully saturated rings. The SMILES string of the molecule is CCOc1cnc(C)c2ccccc12. The van der Waals surface area contributed by atoms with E-state index in [0.29, 0.717) is 6.61 Å². The van der Waals surface area contributed by atoms with Crippen molar-refractivity contribution in [1.29, 1.82) is 0 Å².